The Morgan fingerprint density at radius 3 is 1.95 bits per heavy atom. The highest BCUT2D eigenvalue weighted by molar-refractivity contribution is 5.89. The second-order valence-corrected chi connectivity index (χ2v) is 4.76. The van der Waals surface area contributed by atoms with Crippen molar-refractivity contribution in [3.63, 3.8) is 0 Å². The van der Waals surface area contributed by atoms with Crippen molar-refractivity contribution in [1.29, 1.82) is 0 Å². The van der Waals surface area contributed by atoms with Crippen LogP contribution in [0.3, 0.4) is 0 Å². The van der Waals surface area contributed by atoms with Crippen molar-refractivity contribution in [2.24, 2.45) is 0 Å². The molecule has 0 spiro atoms. The van der Waals surface area contributed by atoms with E-state index in [9.17, 15) is 0 Å². The molecule has 0 aromatic heterocycles. The van der Waals surface area contributed by atoms with Gasteiger partial charge in [-0.1, -0.05) is 54.6 Å². The summed E-state index contributed by atoms with van der Waals surface area (Å²) in [4.78, 5) is 0. The van der Waals surface area contributed by atoms with E-state index in [0.29, 0.717) is 0 Å². The molecular weight excluding hydrogens is 244 g/mol. The van der Waals surface area contributed by atoms with Crippen LogP contribution in [0.25, 0.3) is 22.3 Å². The van der Waals surface area contributed by atoms with Crippen molar-refractivity contribution >= 4 is 11.4 Å². The molecule has 0 heterocycles. The molecule has 0 radical (unpaired) electrons. The predicted molar refractivity (Wildman–Crippen MR) is 86.1 cm³/mol. The maximum Gasteiger partial charge on any atom is 0.0395 e. The minimum Gasteiger partial charge on any atom is -0.399 e. The summed E-state index contributed by atoms with van der Waals surface area (Å²) in [5.74, 6) is 0. The van der Waals surface area contributed by atoms with E-state index >= 15 is 0 Å². The minimum absolute atomic E-state index is 0.720. The van der Waals surface area contributed by atoms with Crippen LogP contribution >= 0.6 is 0 Å². The van der Waals surface area contributed by atoms with Crippen LogP contribution < -0.4 is 11.5 Å². The van der Waals surface area contributed by atoms with Gasteiger partial charge in [-0.05, 0) is 34.9 Å². The second-order valence-electron chi connectivity index (χ2n) is 4.76. The largest absolute Gasteiger partial charge is 0.399 e. The van der Waals surface area contributed by atoms with E-state index in [1.165, 1.54) is 5.56 Å². The Balaban J connectivity index is 2.23. The molecule has 4 N–H and O–H groups in total. The molecule has 3 aromatic rings. The molecule has 0 aliphatic carbocycles. The lowest BCUT2D eigenvalue weighted by atomic mass is 9.93. The molecule has 3 rings (SSSR count). The zero-order chi connectivity index (χ0) is 13.9. The maximum absolute atomic E-state index is 6.11. The molecule has 20 heavy (non-hydrogen) atoms. The zero-order valence-corrected chi connectivity index (χ0v) is 11.1. The number of hydrogen-bond donors (Lipinski definition) is 2. The number of benzene rings is 3. The predicted octanol–water partition coefficient (Wildman–Crippen LogP) is 4.19. The Morgan fingerprint density at radius 1 is 0.550 bits per heavy atom. The normalized spacial score (nSPS) is 10.4. The van der Waals surface area contributed by atoms with E-state index < -0.39 is 0 Å². The number of rotatable bonds is 2. The molecule has 98 valence electrons. The topological polar surface area (TPSA) is 52.0 Å². The van der Waals surface area contributed by atoms with Crippen LogP contribution in [-0.4, -0.2) is 0 Å². The van der Waals surface area contributed by atoms with Crippen LogP contribution in [0.4, 0.5) is 11.4 Å². The quantitative estimate of drug-likeness (QED) is 0.679. The van der Waals surface area contributed by atoms with Crippen molar-refractivity contribution in [2.75, 3.05) is 11.5 Å². The van der Waals surface area contributed by atoms with Gasteiger partial charge in [0, 0.05) is 16.9 Å². The lowest BCUT2D eigenvalue weighted by Gasteiger charge is -2.12. The molecular formula is C18H16N2. The van der Waals surface area contributed by atoms with E-state index in [2.05, 4.69) is 24.3 Å². The Bertz CT molecular complexity index is 733. The van der Waals surface area contributed by atoms with Gasteiger partial charge < -0.3 is 11.5 Å². The van der Waals surface area contributed by atoms with Gasteiger partial charge in [0.2, 0.25) is 0 Å². The Hall–Kier alpha value is -2.74. The Labute approximate surface area is 118 Å². The van der Waals surface area contributed by atoms with Gasteiger partial charge in [0.15, 0.2) is 0 Å². The van der Waals surface area contributed by atoms with E-state index in [4.69, 9.17) is 11.5 Å². The highest BCUT2D eigenvalue weighted by Gasteiger charge is 2.09. The molecule has 2 heteroatoms. The van der Waals surface area contributed by atoms with Crippen LogP contribution in [0.5, 0.6) is 0 Å². The number of nitrogens with two attached hydrogens (primary N) is 2. The average molecular weight is 260 g/mol. The lowest BCUT2D eigenvalue weighted by molar-refractivity contribution is 1.57. The fourth-order valence-corrected chi connectivity index (χ4v) is 2.39. The van der Waals surface area contributed by atoms with Gasteiger partial charge in [-0.25, -0.2) is 0 Å². The summed E-state index contributed by atoms with van der Waals surface area (Å²) in [6.45, 7) is 0. The van der Waals surface area contributed by atoms with E-state index in [1.54, 1.807) is 0 Å². The highest BCUT2D eigenvalue weighted by atomic mass is 14.6. The first-order valence-electron chi connectivity index (χ1n) is 6.55. The summed E-state index contributed by atoms with van der Waals surface area (Å²) in [5.41, 5.74) is 17.9. The molecule has 0 bridgehead atoms. The maximum atomic E-state index is 6.11. The molecule has 3 aromatic carbocycles. The number of hydrogen-bond acceptors (Lipinski definition) is 2. The van der Waals surface area contributed by atoms with E-state index in [-0.39, 0.29) is 0 Å². The van der Waals surface area contributed by atoms with Gasteiger partial charge in [-0.3, -0.25) is 0 Å². The summed E-state index contributed by atoms with van der Waals surface area (Å²) in [6, 6.07) is 24.1. The molecule has 2 nitrogen and oxygen atoms in total. The minimum atomic E-state index is 0.720. The van der Waals surface area contributed by atoms with Crippen molar-refractivity contribution < 1.29 is 0 Å². The van der Waals surface area contributed by atoms with Gasteiger partial charge in [-0.15, -0.1) is 0 Å². The summed E-state index contributed by atoms with van der Waals surface area (Å²) >= 11 is 0. The van der Waals surface area contributed by atoms with Crippen molar-refractivity contribution in [2.45, 2.75) is 0 Å². The van der Waals surface area contributed by atoms with Crippen molar-refractivity contribution in [3.8, 4) is 22.3 Å². The van der Waals surface area contributed by atoms with Crippen LogP contribution in [0.2, 0.25) is 0 Å². The fourth-order valence-electron chi connectivity index (χ4n) is 2.39. The summed E-state index contributed by atoms with van der Waals surface area (Å²) in [6.07, 6.45) is 0. The SMILES string of the molecule is Nc1ccc(N)c(-c2ccccc2-c2ccccc2)c1. The third-order valence-corrected chi connectivity index (χ3v) is 3.38. The third kappa shape index (κ3) is 2.24. The number of anilines is 2. The molecule has 0 unspecified atom stereocenters. The van der Waals surface area contributed by atoms with Gasteiger partial charge in [0.1, 0.15) is 0 Å². The molecule has 0 aliphatic rings. The summed E-state index contributed by atoms with van der Waals surface area (Å²) in [7, 11) is 0. The highest BCUT2D eigenvalue weighted by Crippen LogP contribution is 2.35. The van der Waals surface area contributed by atoms with Crippen LogP contribution in [0.1, 0.15) is 0 Å². The van der Waals surface area contributed by atoms with Crippen LogP contribution in [0.15, 0.2) is 72.8 Å². The second kappa shape index (κ2) is 5.10. The van der Waals surface area contributed by atoms with Gasteiger partial charge >= 0.3 is 0 Å². The first-order valence-corrected chi connectivity index (χ1v) is 6.55. The molecule has 0 saturated heterocycles. The molecule has 0 aliphatic heterocycles. The van der Waals surface area contributed by atoms with Crippen molar-refractivity contribution in [1.82, 2.24) is 0 Å². The van der Waals surface area contributed by atoms with E-state index in [0.717, 1.165) is 28.1 Å². The number of nitrogen functional groups attached to an aromatic ring is 2. The Kier molecular flexibility index (Phi) is 3.13. The van der Waals surface area contributed by atoms with Crippen LogP contribution in [-0.2, 0) is 0 Å². The molecule has 0 saturated carbocycles. The molecule has 0 amide bonds. The van der Waals surface area contributed by atoms with Crippen molar-refractivity contribution in [3.05, 3.63) is 72.8 Å². The van der Waals surface area contributed by atoms with Gasteiger partial charge in [0.25, 0.3) is 0 Å². The lowest BCUT2D eigenvalue weighted by Crippen LogP contribution is -1.94. The van der Waals surface area contributed by atoms with Gasteiger partial charge in [-0.2, -0.15) is 0 Å². The monoisotopic (exact) mass is 260 g/mol. The smallest absolute Gasteiger partial charge is 0.0395 e. The standard InChI is InChI=1S/C18H16N2/c19-14-10-11-18(20)17(12-14)16-9-5-4-8-15(16)13-6-2-1-3-7-13/h1-12H,19-20H2. The molecule has 0 fully saturated rings. The molecule has 0 atom stereocenters. The fraction of sp³-hybridized carbons (Fsp3) is 0. The van der Waals surface area contributed by atoms with Crippen LogP contribution in [0, 0.1) is 0 Å². The first-order chi connectivity index (χ1) is 9.75. The first kappa shape index (κ1) is 12.3. The summed E-state index contributed by atoms with van der Waals surface area (Å²) < 4.78 is 0. The Morgan fingerprint density at radius 2 is 1.20 bits per heavy atom. The average Bonchev–Trinajstić information content (AvgIpc) is 2.51. The zero-order valence-electron chi connectivity index (χ0n) is 11.1. The summed E-state index contributed by atoms with van der Waals surface area (Å²) in [5, 5.41) is 0. The van der Waals surface area contributed by atoms with E-state index in [1.807, 2.05) is 48.5 Å². The van der Waals surface area contributed by atoms with Gasteiger partial charge in [0.05, 0.1) is 0 Å². The third-order valence-electron chi connectivity index (χ3n) is 3.38.